The average molecular weight is 322 g/mol. The maximum Gasteiger partial charge on any atom is 0.318 e. The minimum atomic E-state index is -0.0797. The molecule has 0 radical (unpaired) electrons. The maximum atomic E-state index is 12.6. The van der Waals surface area contributed by atoms with Crippen molar-refractivity contribution in [3.05, 3.63) is 17.5 Å². The van der Waals surface area contributed by atoms with Crippen molar-refractivity contribution < 1.29 is 9.53 Å². The van der Waals surface area contributed by atoms with Crippen LogP contribution in [0.2, 0.25) is 0 Å². The van der Waals surface area contributed by atoms with Crippen molar-refractivity contribution in [2.75, 3.05) is 13.2 Å². The lowest BCUT2D eigenvalue weighted by Gasteiger charge is -2.37. The van der Waals surface area contributed by atoms with Crippen LogP contribution >= 0.6 is 0 Å². The summed E-state index contributed by atoms with van der Waals surface area (Å²) in [6.07, 6.45) is 2.11. The molecule has 0 saturated carbocycles. The number of aromatic nitrogens is 2. The third-order valence-electron chi connectivity index (χ3n) is 4.30. The van der Waals surface area contributed by atoms with Crippen molar-refractivity contribution in [2.24, 2.45) is 0 Å². The van der Waals surface area contributed by atoms with Gasteiger partial charge < -0.3 is 15.0 Å². The van der Waals surface area contributed by atoms with Crippen molar-refractivity contribution in [3.63, 3.8) is 0 Å². The Hall–Kier alpha value is -1.56. The molecule has 1 aliphatic rings. The number of amides is 2. The van der Waals surface area contributed by atoms with Gasteiger partial charge in [-0.1, -0.05) is 0 Å². The highest BCUT2D eigenvalue weighted by Gasteiger charge is 2.29. The molecule has 1 aromatic heterocycles. The van der Waals surface area contributed by atoms with Gasteiger partial charge in [0.05, 0.1) is 36.0 Å². The molecule has 6 nitrogen and oxygen atoms in total. The van der Waals surface area contributed by atoms with Gasteiger partial charge in [-0.25, -0.2) is 4.79 Å². The van der Waals surface area contributed by atoms with E-state index in [0.717, 1.165) is 11.3 Å². The first kappa shape index (κ1) is 17.8. The number of hydrogen-bond acceptors (Lipinski definition) is 3. The Bertz CT molecular complexity index is 561. The van der Waals surface area contributed by atoms with Gasteiger partial charge in [0.1, 0.15) is 0 Å². The van der Waals surface area contributed by atoms with Gasteiger partial charge in [0.15, 0.2) is 0 Å². The van der Waals surface area contributed by atoms with Crippen LogP contribution in [-0.2, 0) is 10.3 Å². The number of aryl methyl sites for hydroxylation is 1. The van der Waals surface area contributed by atoms with E-state index in [-0.39, 0.29) is 29.8 Å². The topological polar surface area (TPSA) is 59.4 Å². The molecular weight excluding hydrogens is 292 g/mol. The van der Waals surface area contributed by atoms with Crippen LogP contribution in [0.4, 0.5) is 4.79 Å². The zero-order chi connectivity index (χ0) is 17.4. The van der Waals surface area contributed by atoms with Crippen molar-refractivity contribution in [3.8, 4) is 0 Å². The summed E-state index contributed by atoms with van der Waals surface area (Å²) >= 11 is 0. The molecule has 1 saturated heterocycles. The second-order valence-electron chi connectivity index (χ2n) is 7.60. The van der Waals surface area contributed by atoms with Crippen LogP contribution in [0, 0.1) is 6.92 Å². The first-order chi connectivity index (χ1) is 10.6. The molecule has 6 heteroatoms. The van der Waals surface area contributed by atoms with Gasteiger partial charge >= 0.3 is 6.03 Å². The molecule has 2 rings (SSSR count). The van der Waals surface area contributed by atoms with Crippen molar-refractivity contribution >= 4 is 6.03 Å². The molecule has 23 heavy (non-hydrogen) atoms. The van der Waals surface area contributed by atoms with Gasteiger partial charge in [-0.2, -0.15) is 5.10 Å². The van der Waals surface area contributed by atoms with Crippen LogP contribution in [0.1, 0.15) is 58.8 Å². The zero-order valence-corrected chi connectivity index (χ0v) is 15.4. The summed E-state index contributed by atoms with van der Waals surface area (Å²) in [5.74, 6) is 0. The monoisotopic (exact) mass is 322 g/mol. The summed E-state index contributed by atoms with van der Waals surface area (Å²) in [6.45, 7) is 15.6. The number of carbonyl (C=O) groups is 1. The molecule has 130 valence electrons. The Labute approximate surface area is 139 Å². The first-order valence-electron chi connectivity index (χ1n) is 8.35. The van der Waals surface area contributed by atoms with Gasteiger partial charge in [-0.15, -0.1) is 0 Å². The lowest BCUT2D eigenvalue weighted by molar-refractivity contribution is -0.0320. The number of hydrogen-bond donors (Lipinski definition) is 1. The average Bonchev–Trinajstić information content (AvgIpc) is 2.83. The Kier molecular flexibility index (Phi) is 5.04. The quantitative estimate of drug-likeness (QED) is 0.911. The van der Waals surface area contributed by atoms with Gasteiger partial charge in [0, 0.05) is 18.3 Å². The summed E-state index contributed by atoms with van der Waals surface area (Å²) in [5.41, 5.74) is 1.94. The SMILES string of the molecule is Cc1nn(C(C)(C)C)cc1[C@H](C)NC(=O)N1C[C@@H](C)OC[C@H]1C. The van der Waals surface area contributed by atoms with Crippen LogP contribution in [0.3, 0.4) is 0 Å². The van der Waals surface area contributed by atoms with Crippen LogP contribution < -0.4 is 5.32 Å². The van der Waals surface area contributed by atoms with Gasteiger partial charge in [-0.05, 0) is 48.5 Å². The molecule has 1 N–H and O–H groups in total. The lowest BCUT2D eigenvalue weighted by Crippen LogP contribution is -2.53. The highest BCUT2D eigenvalue weighted by Crippen LogP contribution is 2.22. The van der Waals surface area contributed by atoms with E-state index in [1.807, 2.05) is 43.5 Å². The third kappa shape index (κ3) is 4.05. The second kappa shape index (κ2) is 6.51. The van der Waals surface area contributed by atoms with Gasteiger partial charge in [-0.3, -0.25) is 4.68 Å². The number of ether oxygens (including phenoxy) is 1. The third-order valence-corrected chi connectivity index (χ3v) is 4.30. The van der Waals surface area contributed by atoms with Crippen molar-refractivity contribution in [1.82, 2.24) is 20.0 Å². The van der Waals surface area contributed by atoms with Crippen LogP contribution in [0.5, 0.6) is 0 Å². The van der Waals surface area contributed by atoms with Crippen LogP contribution in [0.15, 0.2) is 6.20 Å². The predicted molar refractivity (Wildman–Crippen MR) is 90.5 cm³/mol. The number of nitrogens with one attached hydrogen (secondary N) is 1. The number of carbonyl (C=O) groups excluding carboxylic acids is 1. The number of urea groups is 1. The minimum Gasteiger partial charge on any atom is -0.375 e. The smallest absolute Gasteiger partial charge is 0.318 e. The molecule has 0 spiro atoms. The van der Waals surface area contributed by atoms with Crippen molar-refractivity contribution in [1.29, 1.82) is 0 Å². The fourth-order valence-corrected chi connectivity index (χ4v) is 2.77. The lowest BCUT2D eigenvalue weighted by atomic mass is 10.1. The zero-order valence-electron chi connectivity index (χ0n) is 15.4. The summed E-state index contributed by atoms with van der Waals surface area (Å²) in [6, 6.07) is -0.0243. The molecule has 0 unspecified atom stereocenters. The molecule has 3 atom stereocenters. The fourth-order valence-electron chi connectivity index (χ4n) is 2.77. The Morgan fingerprint density at radius 3 is 2.65 bits per heavy atom. The molecule has 2 amide bonds. The van der Waals surface area contributed by atoms with Gasteiger partial charge in [0.2, 0.25) is 0 Å². The summed E-state index contributed by atoms with van der Waals surface area (Å²) < 4.78 is 7.54. The molecule has 0 aliphatic carbocycles. The summed E-state index contributed by atoms with van der Waals surface area (Å²) in [7, 11) is 0. The van der Waals surface area contributed by atoms with E-state index in [4.69, 9.17) is 4.74 Å². The van der Waals surface area contributed by atoms with E-state index in [0.29, 0.717) is 13.2 Å². The maximum absolute atomic E-state index is 12.6. The minimum absolute atomic E-state index is 0.0388. The Morgan fingerprint density at radius 1 is 1.43 bits per heavy atom. The molecular formula is C17H30N4O2. The summed E-state index contributed by atoms with van der Waals surface area (Å²) in [5, 5.41) is 7.68. The highest BCUT2D eigenvalue weighted by atomic mass is 16.5. The predicted octanol–water partition coefficient (Wildman–Crippen LogP) is 2.83. The van der Waals surface area contributed by atoms with Crippen molar-refractivity contribution in [2.45, 2.75) is 72.2 Å². The Balaban J connectivity index is 2.08. The van der Waals surface area contributed by atoms with E-state index in [2.05, 4.69) is 31.2 Å². The number of rotatable bonds is 2. The molecule has 2 heterocycles. The van der Waals surface area contributed by atoms with Crippen LogP contribution in [-0.4, -0.2) is 46.0 Å². The number of morpholine rings is 1. The fraction of sp³-hybridized carbons (Fsp3) is 0.765. The van der Waals surface area contributed by atoms with E-state index in [1.54, 1.807) is 0 Å². The normalized spacial score (nSPS) is 23.7. The van der Waals surface area contributed by atoms with E-state index < -0.39 is 0 Å². The standard InChI is InChI=1S/C17H30N4O2/c1-11-10-23-12(2)8-20(11)16(22)18-13(3)15-9-21(17(5,6)7)19-14(15)4/h9,11-13H,8,10H2,1-7H3,(H,18,22)/t11-,12-,13+/m1/s1. The Morgan fingerprint density at radius 2 is 2.09 bits per heavy atom. The molecule has 1 aliphatic heterocycles. The molecule has 0 bridgehead atoms. The van der Waals surface area contributed by atoms with Gasteiger partial charge in [0.25, 0.3) is 0 Å². The highest BCUT2D eigenvalue weighted by molar-refractivity contribution is 5.75. The summed E-state index contributed by atoms with van der Waals surface area (Å²) in [4.78, 5) is 14.4. The molecule has 1 fully saturated rings. The first-order valence-corrected chi connectivity index (χ1v) is 8.35. The number of nitrogens with zero attached hydrogens (tertiary/aromatic N) is 3. The van der Waals surface area contributed by atoms with E-state index >= 15 is 0 Å². The largest absolute Gasteiger partial charge is 0.375 e. The molecule has 1 aromatic rings. The van der Waals surface area contributed by atoms with Crippen LogP contribution in [0.25, 0.3) is 0 Å². The molecule has 0 aromatic carbocycles. The second-order valence-corrected chi connectivity index (χ2v) is 7.60. The van der Waals surface area contributed by atoms with E-state index in [1.165, 1.54) is 0 Å². The van der Waals surface area contributed by atoms with E-state index in [9.17, 15) is 4.79 Å².